The number of anilines is 2. The Labute approximate surface area is 309 Å². The van der Waals surface area contributed by atoms with Crippen molar-refractivity contribution in [3.63, 3.8) is 0 Å². The van der Waals surface area contributed by atoms with Crippen LogP contribution in [0, 0.1) is 5.82 Å². The number of piperazine rings is 1. The van der Waals surface area contributed by atoms with E-state index in [4.69, 9.17) is 35.3 Å². The molecule has 2 fully saturated rings. The average Bonchev–Trinajstić information content (AvgIpc) is 3.15. The molecule has 0 bridgehead atoms. The Hall–Kier alpha value is -5.64. The number of methoxy groups -OCH3 is 3. The summed E-state index contributed by atoms with van der Waals surface area (Å²) in [7, 11) is 6.37. The van der Waals surface area contributed by atoms with Crippen LogP contribution in [0.2, 0.25) is 5.02 Å². The summed E-state index contributed by atoms with van der Waals surface area (Å²) in [5, 5.41) is 5.63. The molecule has 2 N–H and O–H groups in total. The van der Waals surface area contributed by atoms with Gasteiger partial charge in [-0.1, -0.05) is 11.6 Å². The molecule has 0 atom stereocenters. The normalized spacial score (nSPS) is 16.2. The number of nitrogens with zero attached hydrogens (tertiary/aromatic N) is 4. The number of benzene rings is 3. The summed E-state index contributed by atoms with van der Waals surface area (Å²) in [6.07, 6.45) is 3.48. The van der Waals surface area contributed by atoms with Gasteiger partial charge in [-0.25, -0.2) is 14.1 Å². The second-order valence-electron chi connectivity index (χ2n) is 12.2. The van der Waals surface area contributed by atoms with Gasteiger partial charge in [-0.15, -0.1) is 0 Å². The zero-order chi connectivity index (χ0) is 37.6. The number of carbonyl (C=O) groups is 3. The van der Waals surface area contributed by atoms with Crippen molar-refractivity contribution in [3.8, 4) is 34.5 Å². The van der Waals surface area contributed by atoms with Gasteiger partial charge in [0, 0.05) is 80.5 Å². The minimum Gasteiger partial charge on any atom is -0.495 e. The summed E-state index contributed by atoms with van der Waals surface area (Å²) in [6.45, 7) is 5.66. The molecule has 0 unspecified atom stereocenters. The average molecular weight is 749 g/mol. The third-order valence-corrected chi connectivity index (χ3v) is 9.09. The van der Waals surface area contributed by atoms with E-state index in [2.05, 4.69) is 32.5 Å². The van der Waals surface area contributed by atoms with Crippen LogP contribution in [0.1, 0.15) is 6.42 Å². The van der Waals surface area contributed by atoms with E-state index < -0.39 is 29.2 Å². The lowest BCUT2D eigenvalue weighted by atomic mass is 10.1. The van der Waals surface area contributed by atoms with Crippen LogP contribution in [0.5, 0.6) is 34.5 Å². The van der Waals surface area contributed by atoms with Gasteiger partial charge >= 0.3 is 6.03 Å². The van der Waals surface area contributed by atoms with Crippen LogP contribution in [0.25, 0.3) is 10.9 Å². The standard InChI is InChI=1S/C37H38ClFN6O8/c1-43-11-13-44(14-12-43)10-5-15-52-34-19-27-23(17-33(34)51-4)29(8-9-40-27)53-30-7-6-22(16-26(30)39)41-21-24-35(46)42-37(48)45(36(24)47)28-20-31(49-2)25(38)18-32(28)50-3/h6-9,16-21,41H,5,10-15H2,1-4H3,(H,42,46,48)/b24-21+. The van der Waals surface area contributed by atoms with E-state index in [-0.39, 0.29) is 33.6 Å². The molecule has 3 heterocycles. The van der Waals surface area contributed by atoms with Gasteiger partial charge in [-0.2, -0.15) is 0 Å². The molecule has 2 aliphatic rings. The molecule has 53 heavy (non-hydrogen) atoms. The van der Waals surface area contributed by atoms with Crippen LogP contribution in [0.3, 0.4) is 0 Å². The topological polar surface area (TPSA) is 144 Å². The first kappa shape index (κ1) is 37.1. The molecule has 0 radical (unpaired) electrons. The molecular formula is C37H38ClFN6O8. The highest BCUT2D eigenvalue weighted by atomic mass is 35.5. The molecule has 0 aliphatic carbocycles. The van der Waals surface area contributed by atoms with Crippen molar-refractivity contribution in [2.75, 3.05) is 77.9 Å². The molecule has 4 aromatic rings. The van der Waals surface area contributed by atoms with Crippen molar-refractivity contribution < 1.29 is 42.5 Å². The van der Waals surface area contributed by atoms with Crippen LogP contribution in [-0.2, 0) is 9.59 Å². The first-order valence-corrected chi connectivity index (χ1v) is 17.0. The molecule has 0 saturated carbocycles. The lowest BCUT2D eigenvalue weighted by Gasteiger charge is -2.32. The van der Waals surface area contributed by atoms with Crippen LogP contribution < -0.4 is 39.2 Å². The smallest absolute Gasteiger partial charge is 0.336 e. The second-order valence-corrected chi connectivity index (χ2v) is 12.6. The number of carbonyl (C=O) groups excluding carboxylic acids is 3. The summed E-state index contributed by atoms with van der Waals surface area (Å²) in [6, 6.07) is 10.8. The van der Waals surface area contributed by atoms with Gasteiger partial charge in [0.15, 0.2) is 23.1 Å². The Morgan fingerprint density at radius 1 is 0.887 bits per heavy atom. The monoisotopic (exact) mass is 748 g/mol. The number of hydrogen-bond acceptors (Lipinski definition) is 12. The van der Waals surface area contributed by atoms with Crippen molar-refractivity contribution in [2.24, 2.45) is 0 Å². The Balaban J connectivity index is 1.15. The molecule has 3 aromatic carbocycles. The van der Waals surface area contributed by atoms with Crippen molar-refractivity contribution in [1.29, 1.82) is 0 Å². The fraction of sp³-hybridized carbons (Fsp3) is 0.297. The highest BCUT2D eigenvalue weighted by molar-refractivity contribution is 6.38. The predicted octanol–water partition coefficient (Wildman–Crippen LogP) is 5.44. The molecule has 1 aromatic heterocycles. The fourth-order valence-corrected chi connectivity index (χ4v) is 6.10. The molecule has 16 heteroatoms. The fourth-order valence-electron chi connectivity index (χ4n) is 5.87. The maximum atomic E-state index is 15.4. The Morgan fingerprint density at radius 3 is 2.36 bits per heavy atom. The maximum Gasteiger partial charge on any atom is 0.336 e. The molecule has 2 saturated heterocycles. The molecule has 6 rings (SSSR count). The number of imide groups is 2. The highest BCUT2D eigenvalue weighted by Gasteiger charge is 2.39. The van der Waals surface area contributed by atoms with Gasteiger partial charge in [0.25, 0.3) is 11.8 Å². The minimum atomic E-state index is -1.01. The van der Waals surface area contributed by atoms with Crippen LogP contribution in [0.4, 0.5) is 20.6 Å². The molecular weight excluding hydrogens is 711 g/mol. The van der Waals surface area contributed by atoms with Crippen LogP contribution in [-0.4, -0.2) is 100 Å². The largest absolute Gasteiger partial charge is 0.495 e. The van der Waals surface area contributed by atoms with Crippen molar-refractivity contribution in [2.45, 2.75) is 6.42 Å². The second kappa shape index (κ2) is 16.4. The zero-order valence-electron chi connectivity index (χ0n) is 29.5. The van der Waals surface area contributed by atoms with Gasteiger partial charge in [-0.05, 0) is 37.7 Å². The van der Waals surface area contributed by atoms with E-state index in [9.17, 15) is 14.4 Å². The number of amides is 4. The van der Waals surface area contributed by atoms with E-state index in [1.807, 2.05) is 0 Å². The Bertz CT molecular complexity index is 2070. The Kier molecular flexibility index (Phi) is 11.5. The number of halogens is 2. The molecule has 2 aliphatic heterocycles. The zero-order valence-corrected chi connectivity index (χ0v) is 30.3. The van der Waals surface area contributed by atoms with Gasteiger partial charge < -0.3 is 38.8 Å². The first-order valence-electron chi connectivity index (χ1n) is 16.7. The summed E-state index contributed by atoms with van der Waals surface area (Å²) < 4.78 is 43.6. The van der Waals surface area contributed by atoms with Gasteiger partial charge in [0.05, 0.1) is 44.2 Å². The van der Waals surface area contributed by atoms with Crippen molar-refractivity contribution in [1.82, 2.24) is 20.1 Å². The number of aromatic nitrogens is 1. The summed E-state index contributed by atoms with van der Waals surface area (Å²) in [4.78, 5) is 48.8. The number of rotatable bonds is 13. The predicted molar refractivity (Wildman–Crippen MR) is 196 cm³/mol. The van der Waals surface area contributed by atoms with Crippen molar-refractivity contribution in [3.05, 3.63) is 77.3 Å². The Morgan fingerprint density at radius 2 is 1.64 bits per heavy atom. The van der Waals surface area contributed by atoms with E-state index in [0.29, 0.717) is 39.7 Å². The molecule has 0 spiro atoms. The van der Waals surface area contributed by atoms with E-state index in [1.54, 1.807) is 31.5 Å². The lowest BCUT2D eigenvalue weighted by Crippen LogP contribution is -2.54. The number of fused-ring (bicyclic) bond motifs is 1. The molecule has 278 valence electrons. The third kappa shape index (κ3) is 8.22. The van der Waals surface area contributed by atoms with E-state index >= 15 is 4.39 Å². The van der Waals surface area contributed by atoms with Crippen LogP contribution in [0.15, 0.2) is 66.5 Å². The lowest BCUT2D eigenvalue weighted by molar-refractivity contribution is -0.122. The number of likely N-dealkylation sites (N-methyl/N-ethyl adjacent to an activating group) is 1. The number of pyridine rings is 1. The number of urea groups is 1. The number of ether oxygens (including phenoxy) is 5. The SMILES string of the molecule is COc1cc(N2C(=O)NC(=O)/C(=C\Nc3ccc(Oc4ccnc5cc(OCCCN6CCN(C)CC6)c(OC)cc45)c(F)c3)C2=O)c(OC)cc1Cl. The van der Waals surface area contributed by atoms with Gasteiger partial charge in [0.2, 0.25) is 0 Å². The minimum absolute atomic E-state index is 0.0103. The maximum absolute atomic E-state index is 15.4. The molecule has 4 amide bonds. The number of hydrogen-bond donors (Lipinski definition) is 2. The van der Waals surface area contributed by atoms with Gasteiger partial charge in [-0.3, -0.25) is 19.9 Å². The first-order chi connectivity index (χ1) is 25.6. The highest BCUT2D eigenvalue weighted by Crippen LogP contribution is 2.40. The van der Waals surface area contributed by atoms with Crippen LogP contribution >= 0.6 is 11.6 Å². The number of nitrogens with one attached hydrogen (secondary N) is 2. The summed E-state index contributed by atoms with van der Waals surface area (Å²) in [5.74, 6) is -1.13. The van der Waals surface area contributed by atoms with Crippen molar-refractivity contribution >= 4 is 51.7 Å². The van der Waals surface area contributed by atoms with E-state index in [1.165, 1.54) is 38.5 Å². The van der Waals surface area contributed by atoms with Gasteiger partial charge in [0.1, 0.15) is 22.8 Å². The summed E-state index contributed by atoms with van der Waals surface area (Å²) in [5.41, 5.74) is 0.314. The quantitative estimate of drug-likeness (QED) is 0.102. The third-order valence-electron chi connectivity index (χ3n) is 8.79. The summed E-state index contributed by atoms with van der Waals surface area (Å²) >= 11 is 6.18. The number of barbiturate groups is 1. The van der Waals surface area contributed by atoms with E-state index in [0.717, 1.165) is 51.4 Å². The molecule has 14 nitrogen and oxygen atoms in total.